The second-order valence-electron chi connectivity index (χ2n) is 9.05. The van der Waals surface area contributed by atoms with Gasteiger partial charge in [0.2, 0.25) is 15.9 Å². The van der Waals surface area contributed by atoms with Crippen LogP contribution in [0.15, 0.2) is 47.4 Å². The van der Waals surface area contributed by atoms with Crippen molar-refractivity contribution in [2.75, 3.05) is 26.7 Å². The van der Waals surface area contributed by atoms with E-state index < -0.39 is 10.0 Å². The summed E-state index contributed by atoms with van der Waals surface area (Å²) in [4.78, 5) is 15.4. The van der Waals surface area contributed by atoms with Crippen LogP contribution in [0, 0.1) is 5.92 Å². The highest BCUT2D eigenvalue weighted by atomic mass is 32.2. The Balaban J connectivity index is 1.54. The average Bonchev–Trinajstić information content (AvgIpc) is 2.82. The number of amides is 1. The van der Waals surface area contributed by atoms with Crippen LogP contribution in [0.5, 0.6) is 5.75 Å². The molecule has 2 aliphatic rings. The molecule has 0 spiro atoms. The van der Waals surface area contributed by atoms with Crippen LogP contribution in [0.4, 0.5) is 0 Å². The van der Waals surface area contributed by atoms with Crippen molar-refractivity contribution < 1.29 is 17.9 Å². The highest BCUT2D eigenvalue weighted by Crippen LogP contribution is 2.33. The third kappa shape index (κ3) is 4.41. The third-order valence-corrected chi connectivity index (χ3v) is 8.53. The van der Waals surface area contributed by atoms with Crippen LogP contribution in [0.3, 0.4) is 0 Å². The number of rotatable bonds is 5. The fourth-order valence-electron chi connectivity index (χ4n) is 4.70. The van der Waals surface area contributed by atoms with Crippen LogP contribution in [0.2, 0.25) is 0 Å². The van der Waals surface area contributed by atoms with Gasteiger partial charge in [-0.15, -0.1) is 0 Å². The highest BCUT2D eigenvalue weighted by Gasteiger charge is 2.37. The standard InChI is InChI=1S/C25H32N2O4S/c1-18(2)20-10-11-23(31-3)24(15-20)32(29,30)27-13-6-9-22(17-27)25(28)26-14-12-19-7-4-5-8-21(19)16-26/h4-5,7-8,10-11,15,18,22H,6,9,12-14,16-17H2,1-3H3/t22-/m1/s1. The Kier molecular flexibility index (Phi) is 6.58. The number of piperidine rings is 1. The second-order valence-corrected chi connectivity index (χ2v) is 11.0. The number of carbonyl (C=O) groups is 1. The summed E-state index contributed by atoms with van der Waals surface area (Å²) in [5, 5.41) is 0. The van der Waals surface area contributed by atoms with E-state index in [1.165, 1.54) is 22.5 Å². The van der Waals surface area contributed by atoms with Gasteiger partial charge in [-0.25, -0.2) is 8.42 Å². The molecule has 1 atom stereocenters. The van der Waals surface area contributed by atoms with Crippen molar-refractivity contribution >= 4 is 15.9 Å². The van der Waals surface area contributed by atoms with Gasteiger partial charge in [0.1, 0.15) is 10.6 Å². The Bertz CT molecular complexity index is 1100. The van der Waals surface area contributed by atoms with Crippen molar-refractivity contribution in [1.82, 2.24) is 9.21 Å². The number of hydrogen-bond acceptors (Lipinski definition) is 4. The van der Waals surface area contributed by atoms with Gasteiger partial charge in [0.15, 0.2) is 0 Å². The Morgan fingerprint density at radius 3 is 2.56 bits per heavy atom. The van der Waals surface area contributed by atoms with E-state index in [9.17, 15) is 13.2 Å². The lowest BCUT2D eigenvalue weighted by molar-refractivity contribution is -0.137. The summed E-state index contributed by atoms with van der Waals surface area (Å²) in [5.74, 6) is 0.286. The molecule has 1 amide bonds. The molecule has 0 bridgehead atoms. The van der Waals surface area contributed by atoms with Gasteiger partial charge in [0, 0.05) is 26.2 Å². The average molecular weight is 457 g/mol. The van der Waals surface area contributed by atoms with E-state index in [0.29, 0.717) is 38.2 Å². The Hall–Kier alpha value is -2.38. The van der Waals surface area contributed by atoms with Gasteiger partial charge < -0.3 is 9.64 Å². The van der Waals surface area contributed by atoms with E-state index in [2.05, 4.69) is 12.1 Å². The molecule has 2 aromatic carbocycles. The molecule has 4 rings (SSSR count). The molecule has 172 valence electrons. The quantitative estimate of drug-likeness (QED) is 0.686. The zero-order valence-electron chi connectivity index (χ0n) is 19.1. The number of carbonyl (C=O) groups excluding carboxylic acids is 1. The number of fused-ring (bicyclic) bond motifs is 1. The molecule has 2 aliphatic heterocycles. The fourth-order valence-corrected chi connectivity index (χ4v) is 6.41. The molecule has 0 aliphatic carbocycles. The van der Waals surface area contributed by atoms with Crippen molar-refractivity contribution in [3.8, 4) is 5.75 Å². The normalized spacial score (nSPS) is 19.6. The first-order chi connectivity index (χ1) is 15.3. The van der Waals surface area contributed by atoms with Gasteiger partial charge in [-0.1, -0.05) is 44.2 Å². The summed E-state index contributed by atoms with van der Waals surface area (Å²) in [6.45, 7) is 5.99. The topological polar surface area (TPSA) is 66.9 Å². The molecule has 0 aromatic heterocycles. The minimum Gasteiger partial charge on any atom is -0.495 e. The molecule has 1 fully saturated rings. The van der Waals surface area contributed by atoms with E-state index in [-0.39, 0.29) is 29.2 Å². The number of sulfonamides is 1. The first-order valence-electron chi connectivity index (χ1n) is 11.3. The van der Waals surface area contributed by atoms with Crippen molar-refractivity contribution in [2.45, 2.75) is 50.5 Å². The number of hydrogen-bond donors (Lipinski definition) is 0. The predicted molar refractivity (Wildman–Crippen MR) is 124 cm³/mol. The van der Waals surface area contributed by atoms with Crippen LogP contribution >= 0.6 is 0 Å². The number of nitrogens with zero attached hydrogens (tertiary/aromatic N) is 2. The maximum atomic E-state index is 13.6. The smallest absolute Gasteiger partial charge is 0.246 e. The lowest BCUT2D eigenvalue weighted by atomic mass is 9.95. The van der Waals surface area contributed by atoms with E-state index in [1.54, 1.807) is 12.1 Å². The zero-order valence-corrected chi connectivity index (χ0v) is 19.9. The lowest BCUT2D eigenvalue weighted by Gasteiger charge is -2.36. The molecule has 0 N–H and O–H groups in total. The number of methoxy groups -OCH3 is 1. The van der Waals surface area contributed by atoms with Gasteiger partial charge >= 0.3 is 0 Å². The van der Waals surface area contributed by atoms with Gasteiger partial charge in [0.05, 0.1) is 13.0 Å². The fraction of sp³-hybridized carbons (Fsp3) is 0.480. The summed E-state index contributed by atoms with van der Waals surface area (Å²) in [7, 11) is -2.28. The largest absolute Gasteiger partial charge is 0.495 e. The van der Waals surface area contributed by atoms with Crippen LogP contribution in [-0.4, -0.2) is 50.3 Å². The molecule has 0 unspecified atom stereocenters. The summed E-state index contributed by atoms with van der Waals surface area (Å²) in [6.07, 6.45) is 2.23. The summed E-state index contributed by atoms with van der Waals surface area (Å²) in [5.41, 5.74) is 3.42. The van der Waals surface area contributed by atoms with Gasteiger partial charge in [0.25, 0.3) is 0 Å². The Morgan fingerprint density at radius 2 is 1.84 bits per heavy atom. The van der Waals surface area contributed by atoms with Gasteiger partial charge in [-0.2, -0.15) is 4.31 Å². The lowest BCUT2D eigenvalue weighted by Crippen LogP contribution is -2.47. The Morgan fingerprint density at radius 1 is 1.09 bits per heavy atom. The van der Waals surface area contributed by atoms with Crippen LogP contribution in [0.25, 0.3) is 0 Å². The van der Waals surface area contributed by atoms with Crippen LogP contribution in [-0.2, 0) is 27.8 Å². The second kappa shape index (κ2) is 9.24. The molecule has 6 nitrogen and oxygen atoms in total. The van der Waals surface area contributed by atoms with E-state index >= 15 is 0 Å². The molecule has 2 heterocycles. The minimum atomic E-state index is -3.77. The molecule has 0 saturated carbocycles. The molecule has 2 aromatic rings. The van der Waals surface area contributed by atoms with E-state index in [1.807, 2.05) is 36.9 Å². The van der Waals surface area contributed by atoms with Crippen molar-refractivity contribution in [2.24, 2.45) is 5.92 Å². The number of benzene rings is 2. The molecule has 1 saturated heterocycles. The zero-order chi connectivity index (χ0) is 22.9. The monoisotopic (exact) mass is 456 g/mol. The molecule has 32 heavy (non-hydrogen) atoms. The van der Waals surface area contributed by atoms with Crippen LogP contribution < -0.4 is 4.74 Å². The number of ether oxygens (including phenoxy) is 1. The van der Waals surface area contributed by atoms with Gasteiger partial charge in [-0.3, -0.25) is 4.79 Å². The summed E-state index contributed by atoms with van der Waals surface area (Å²) in [6, 6.07) is 13.6. The highest BCUT2D eigenvalue weighted by molar-refractivity contribution is 7.89. The van der Waals surface area contributed by atoms with Gasteiger partial charge in [-0.05, 0) is 54.0 Å². The molecule has 0 radical (unpaired) electrons. The Labute approximate surface area is 191 Å². The summed E-state index contributed by atoms with van der Waals surface area (Å²) < 4.78 is 34.0. The predicted octanol–water partition coefficient (Wildman–Crippen LogP) is 3.80. The van der Waals surface area contributed by atoms with Crippen molar-refractivity contribution in [3.63, 3.8) is 0 Å². The first-order valence-corrected chi connectivity index (χ1v) is 12.8. The maximum absolute atomic E-state index is 13.6. The van der Waals surface area contributed by atoms with Crippen molar-refractivity contribution in [1.29, 1.82) is 0 Å². The maximum Gasteiger partial charge on any atom is 0.246 e. The summed E-state index contributed by atoms with van der Waals surface area (Å²) >= 11 is 0. The first kappa shape index (κ1) is 22.8. The van der Waals surface area contributed by atoms with E-state index in [0.717, 1.165) is 12.0 Å². The van der Waals surface area contributed by atoms with Crippen LogP contribution in [0.1, 0.15) is 49.3 Å². The molecule has 7 heteroatoms. The third-order valence-electron chi connectivity index (χ3n) is 6.65. The molecular formula is C25H32N2O4S. The van der Waals surface area contributed by atoms with Crippen molar-refractivity contribution in [3.05, 3.63) is 59.2 Å². The SMILES string of the molecule is COc1ccc(C(C)C)cc1S(=O)(=O)N1CCC[C@@H](C(=O)N2CCc3ccccc3C2)C1. The van der Waals surface area contributed by atoms with E-state index in [4.69, 9.17) is 4.74 Å². The molecular weight excluding hydrogens is 424 g/mol. The minimum absolute atomic E-state index is 0.0577.